The fraction of sp³-hybridized carbons (Fsp3) is 0.333. The summed E-state index contributed by atoms with van der Waals surface area (Å²) in [4.78, 5) is 0. The Balaban J connectivity index is 2.71. The van der Waals surface area contributed by atoms with Crippen LogP contribution < -0.4 is 5.32 Å². The average Bonchev–Trinajstić information content (AvgIpc) is 2.19. The second-order valence-corrected chi connectivity index (χ2v) is 4.33. The van der Waals surface area contributed by atoms with E-state index in [-0.39, 0.29) is 0 Å². The third kappa shape index (κ3) is 3.18. The molecule has 0 amide bonds. The normalized spacial score (nSPS) is 11.6. The first-order chi connectivity index (χ1) is 6.63. The Hall–Kier alpha value is -0.760. The first kappa shape index (κ1) is 11.3. The van der Waals surface area contributed by atoms with Crippen LogP contribution in [0.4, 0.5) is 5.69 Å². The molecule has 2 heteroatoms. The minimum Gasteiger partial charge on any atom is -0.380 e. The summed E-state index contributed by atoms with van der Waals surface area (Å²) >= 11 is 3.52. The minimum atomic E-state index is 0.901. The summed E-state index contributed by atoms with van der Waals surface area (Å²) < 4.78 is 1.12. The molecule has 0 bridgehead atoms. The van der Waals surface area contributed by atoms with Crippen molar-refractivity contribution in [2.24, 2.45) is 0 Å². The molecule has 0 aliphatic heterocycles. The van der Waals surface area contributed by atoms with Crippen molar-refractivity contribution in [1.82, 2.24) is 0 Å². The molecule has 0 spiro atoms. The third-order valence-corrected chi connectivity index (χ3v) is 2.86. The lowest BCUT2D eigenvalue weighted by Gasteiger charge is -2.09. The molecule has 0 saturated carbocycles. The van der Waals surface area contributed by atoms with Crippen molar-refractivity contribution < 1.29 is 0 Å². The van der Waals surface area contributed by atoms with Crippen molar-refractivity contribution in [3.05, 3.63) is 39.9 Å². The maximum absolute atomic E-state index is 3.52. The molecule has 14 heavy (non-hydrogen) atoms. The zero-order valence-electron chi connectivity index (χ0n) is 8.89. The highest BCUT2D eigenvalue weighted by Gasteiger charge is 1.98. The van der Waals surface area contributed by atoms with E-state index in [4.69, 9.17) is 0 Å². The molecule has 1 aromatic rings. The summed E-state index contributed by atoms with van der Waals surface area (Å²) in [6, 6.07) is 6.31. The lowest BCUT2D eigenvalue weighted by molar-refractivity contribution is 1.19. The van der Waals surface area contributed by atoms with Gasteiger partial charge in [0.25, 0.3) is 0 Å². The van der Waals surface area contributed by atoms with Gasteiger partial charge in [-0.3, -0.25) is 0 Å². The Morgan fingerprint density at radius 3 is 2.86 bits per heavy atom. The van der Waals surface area contributed by atoms with E-state index >= 15 is 0 Å². The zero-order chi connectivity index (χ0) is 10.6. The fourth-order valence-electron chi connectivity index (χ4n) is 1.11. The molecule has 0 heterocycles. The van der Waals surface area contributed by atoms with Gasteiger partial charge in [-0.1, -0.05) is 17.7 Å². The first-order valence-corrected chi connectivity index (χ1v) is 5.54. The van der Waals surface area contributed by atoms with Gasteiger partial charge in [0.1, 0.15) is 0 Å². The van der Waals surface area contributed by atoms with E-state index < -0.39 is 0 Å². The van der Waals surface area contributed by atoms with E-state index in [0.29, 0.717) is 0 Å². The highest BCUT2D eigenvalue weighted by molar-refractivity contribution is 9.10. The SMILES string of the molecule is C/C=C(\C)CNc1cc(C)ccc1Br. The van der Waals surface area contributed by atoms with Gasteiger partial charge in [-0.15, -0.1) is 0 Å². The van der Waals surface area contributed by atoms with Crippen LogP contribution in [0, 0.1) is 6.92 Å². The molecule has 1 N–H and O–H groups in total. The molecule has 0 aliphatic rings. The van der Waals surface area contributed by atoms with Gasteiger partial charge in [-0.05, 0) is 54.4 Å². The largest absolute Gasteiger partial charge is 0.380 e. The molecular weight excluding hydrogens is 238 g/mol. The number of aryl methyl sites for hydroxylation is 1. The second kappa shape index (κ2) is 5.20. The Morgan fingerprint density at radius 1 is 1.50 bits per heavy atom. The van der Waals surface area contributed by atoms with Crippen LogP contribution in [0.15, 0.2) is 34.3 Å². The highest BCUT2D eigenvalue weighted by Crippen LogP contribution is 2.23. The highest BCUT2D eigenvalue weighted by atomic mass is 79.9. The van der Waals surface area contributed by atoms with E-state index in [9.17, 15) is 0 Å². The standard InChI is InChI=1S/C12H16BrN/c1-4-9(2)8-14-12-7-10(3)5-6-11(12)13/h4-7,14H,8H2,1-3H3/b9-4+. The van der Waals surface area contributed by atoms with Crippen LogP contribution in [0.25, 0.3) is 0 Å². The molecule has 0 unspecified atom stereocenters. The summed E-state index contributed by atoms with van der Waals surface area (Å²) in [7, 11) is 0. The summed E-state index contributed by atoms with van der Waals surface area (Å²) in [5.74, 6) is 0. The maximum atomic E-state index is 3.52. The van der Waals surface area contributed by atoms with Gasteiger partial charge in [-0.2, -0.15) is 0 Å². The first-order valence-electron chi connectivity index (χ1n) is 4.75. The third-order valence-electron chi connectivity index (χ3n) is 2.17. The van der Waals surface area contributed by atoms with E-state index in [1.807, 2.05) is 0 Å². The van der Waals surface area contributed by atoms with E-state index in [1.54, 1.807) is 0 Å². The van der Waals surface area contributed by atoms with Gasteiger partial charge in [0.2, 0.25) is 0 Å². The second-order valence-electron chi connectivity index (χ2n) is 3.47. The molecule has 0 fully saturated rings. The molecule has 1 rings (SSSR count). The van der Waals surface area contributed by atoms with Crippen LogP contribution in [0.1, 0.15) is 19.4 Å². The number of hydrogen-bond acceptors (Lipinski definition) is 1. The predicted molar refractivity (Wildman–Crippen MR) is 66.8 cm³/mol. The summed E-state index contributed by atoms with van der Waals surface area (Å²) in [5, 5.41) is 3.39. The van der Waals surface area contributed by atoms with Crippen molar-refractivity contribution in [2.45, 2.75) is 20.8 Å². The summed E-state index contributed by atoms with van der Waals surface area (Å²) in [6.45, 7) is 7.18. The summed E-state index contributed by atoms with van der Waals surface area (Å²) in [6.07, 6.45) is 2.12. The number of rotatable bonds is 3. The lowest BCUT2D eigenvalue weighted by atomic mass is 10.2. The van der Waals surface area contributed by atoms with Gasteiger partial charge >= 0.3 is 0 Å². The Labute approximate surface area is 94.3 Å². The zero-order valence-corrected chi connectivity index (χ0v) is 10.5. The van der Waals surface area contributed by atoms with Gasteiger partial charge in [0.05, 0.1) is 0 Å². The topological polar surface area (TPSA) is 12.0 Å². The van der Waals surface area contributed by atoms with Crippen molar-refractivity contribution in [3.8, 4) is 0 Å². The molecule has 0 atom stereocenters. The number of halogens is 1. The Kier molecular flexibility index (Phi) is 4.21. The molecule has 0 saturated heterocycles. The van der Waals surface area contributed by atoms with Crippen molar-refractivity contribution in [2.75, 3.05) is 11.9 Å². The van der Waals surface area contributed by atoms with Crippen molar-refractivity contribution in [1.29, 1.82) is 0 Å². The molecule has 0 aromatic heterocycles. The molecule has 1 aromatic carbocycles. The molecule has 0 aliphatic carbocycles. The quantitative estimate of drug-likeness (QED) is 0.799. The summed E-state index contributed by atoms with van der Waals surface area (Å²) in [5.41, 5.74) is 3.78. The lowest BCUT2D eigenvalue weighted by Crippen LogP contribution is -2.03. The van der Waals surface area contributed by atoms with Gasteiger partial charge in [0, 0.05) is 16.7 Å². The Bertz CT molecular complexity index is 342. The van der Waals surface area contributed by atoms with E-state index in [0.717, 1.165) is 16.7 Å². The van der Waals surface area contributed by atoms with Gasteiger partial charge in [-0.25, -0.2) is 0 Å². The van der Waals surface area contributed by atoms with Gasteiger partial charge in [0.15, 0.2) is 0 Å². The van der Waals surface area contributed by atoms with E-state index in [2.05, 4.69) is 66.3 Å². The van der Waals surface area contributed by atoms with Crippen molar-refractivity contribution in [3.63, 3.8) is 0 Å². The van der Waals surface area contributed by atoms with Crippen molar-refractivity contribution >= 4 is 21.6 Å². The molecule has 1 nitrogen and oxygen atoms in total. The predicted octanol–water partition coefficient (Wildman–Crippen LogP) is 4.14. The number of benzene rings is 1. The smallest absolute Gasteiger partial charge is 0.0489 e. The monoisotopic (exact) mass is 253 g/mol. The van der Waals surface area contributed by atoms with Crippen LogP contribution in [0.2, 0.25) is 0 Å². The molecule has 0 radical (unpaired) electrons. The van der Waals surface area contributed by atoms with Gasteiger partial charge < -0.3 is 5.32 Å². The van der Waals surface area contributed by atoms with Crippen LogP contribution in [-0.2, 0) is 0 Å². The van der Waals surface area contributed by atoms with Crippen LogP contribution in [0.3, 0.4) is 0 Å². The maximum Gasteiger partial charge on any atom is 0.0489 e. The van der Waals surface area contributed by atoms with Crippen LogP contribution >= 0.6 is 15.9 Å². The number of hydrogen-bond donors (Lipinski definition) is 1. The van der Waals surface area contributed by atoms with Crippen LogP contribution in [-0.4, -0.2) is 6.54 Å². The number of nitrogens with one attached hydrogen (secondary N) is 1. The Morgan fingerprint density at radius 2 is 2.21 bits per heavy atom. The number of anilines is 1. The van der Waals surface area contributed by atoms with E-state index in [1.165, 1.54) is 11.1 Å². The molecular formula is C12H16BrN. The average molecular weight is 254 g/mol. The molecule has 76 valence electrons. The van der Waals surface area contributed by atoms with Crippen LogP contribution in [0.5, 0.6) is 0 Å². The number of allylic oxidation sites excluding steroid dienone is 1. The fourth-order valence-corrected chi connectivity index (χ4v) is 1.50. The minimum absolute atomic E-state index is 0.901.